The van der Waals surface area contributed by atoms with Gasteiger partial charge in [0, 0.05) is 0 Å². The van der Waals surface area contributed by atoms with Crippen LogP contribution in [0.15, 0.2) is 0 Å². The molecule has 0 saturated heterocycles. The Labute approximate surface area is 72.6 Å². The van der Waals surface area contributed by atoms with Crippen LogP contribution in [0.25, 0.3) is 0 Å². The summed E-state index contributed by atoms with van der Waals surface area (Å²) in [5.41, 5.74) is -3.06. The van der Waals surface area contributed by atoms with Crippen LogP contribution in [0.3, 0.4) is 0 Å². The molecule has 64 valence electrons. The summed E-state index contributed by atoms with van der Waals surface area (Å²) < 4.78 is 0. The third-order valence-corrected chi connectivity index (χ3v) is 2.49. The molecule has 1 aliphatic rings. The van der Waals surface area contributed by atoms with Gasteiger partial charge in [-0.05, 0) is 25.7 Å². The molecule has 2 atom stereocenters. The van der Waals surface area contributed by atoms with Crippen molar-refractivity contribution in [3.05, 3.63) is 0 Å². The molecule has 2 N–H and O–H groups in total. The Morgan fingerprint density at radius 2 is 1.25 bits per heavy atom. The molecule has 2 unspecified atom stereocenters. The Bertz CT molecular complexity index is 230. The number of terminal acetylenes is 2. The predicted molar refractivity (Wildman–Crippen MR) is 46.0 cm³/mol. The SMILES string of the molecule is C#CC1(O)CCCCC1(O)C#C. The van der Waals surface area contributed by atoms with Crippen molar-refractivity contribution >= 4 is 0 Å². The van der Waals surface area contributed by atoms with Crippen LogP contribution >= 0.6 is 0 Å². The Morgan fingerprint density at radius 3 is 1.50 bits per heavy atom. The monoisotopic (exact) mass is 164 g/mol. The van der Waals surface area contributed by atoms with Crippen molar-refractivity contribution < 1.29 is 10.2 Å². The van der Waals surface area contributed by atoms with E-state index in [1.807, 2.05) is 0 Å². The molecule has 12 heavy (non-hydrogen) atoms. The van der Waals surface area contributed by atoms with Crippen molar-refractivity contribution in [2.45, 2.75) is 36.9 Å². The molecule has 1 rings (SSSR count). The smallest absolute Gasteiger partial charge is 0.164 e. The van der Waals surface area contributed by atoms with Gasteiger partial charge in [0.15, 0.2) is 11.2 Å². The first kappa shape index (κ1) is 9.13. The van der Waals surface area contributed by atoms with E-state index in [0.717, 1.165) is 12.8 Å². The molecule has 0 aromatic carbocycles. The molecule has 1 fully saturated rings. The fourth-order valence-corrected chi connectivity index (χ4v) is 1.56. The second-order valence-corrected chi connectivity index (χ2v) is 3.22. The highest BCUT2D eigenvalue weighted by Gasteiger charge is 2.48. The number of hydrogen-bond acceptors (Lipinski definition) is 2. The molecule has 1 saturated carbocycles. The van der Waals surface area contributed by atoms with Gasteiger partial charge in [-0.15, -0.1) is 12.8 Å². The van der Waals surface area contributed by atoms with Crippen LogP contribution in [0.5, 0.6) is 0 Å². The first-order chi connectivity index (χ1) is 5.58. The van der Waals surface area contributed by atoms with E-state index in [1.54, 1.807) is 0 Å². The maximum Gasteiger partial charge on any atom is 0.164 e. The predicted octanol–water partition coefficient (Wildman–Crippen LogP) is 0.289. The molecule has 2 nitrogen and oxygen atoms in total. The summed E-state index contributed by atoms with van der Waals surface area (Å²) in [6.07, 6.45) is 12.6. The maximum atomic E-state index is 9.77. The van der Waals surface area contributed by atoms with E-state index in [4.69, 9.17) is 12.8 Å². The van der Waals surface area contributed by atoms with Crippen LogP contribution in [0.4, 0.5) is 0 Å². The molecule has 0 amide bonds. The van der Waals surface area contributed by atoms with Gasteiger partial charge < -0.3 is 10.2 Å². The van der Waals surface area contributed by atoms with E-state index in [-0.39, 0.29) is 0 Å². The summed E-state index contributed by atoms with van der Waals surface area (Å²) in [6, 6.07) is 0. The van der Waals surface area contributed by atoms with Crippen LogP contribution in [0, 0.1) is 24.7 Å². The number of rotatable bonds is 0. The average Bonchev–Trinajstić information content (AvgIpc) is 2.10. The third kappa shape index (κ3) is 1.10. The zero-order valence-corrected chi connectivity index (χ0v) is 6.88. The lowest BCUT2D eigenvalue weighted by Crippen LogP contribution is -2.54. The Morgan fingerprint density at radius 1 is 0.917 bits per heavy atom. The Kier molecular flexibility index (Phi) is 2.15. The number of aliphatic hydroxyl groups is 2. The quantitative estimate of drug-likeness (QED) is 0.505. The van der Waals surface area contributed by atoms with Gasteiger partial charge in [-0.25, -0.2) is 0 Å². The molecule has 1 aliphatic carbocycles. The van der Waals surface area contributed by atoms with Crippen molar-refractivity contribution in [2.75, 3.05) is 0 Å². The molecular weight excluding hydrogens is 152 g/mol. The van der Waals surface area contributed by atoms with Gasteiger partial charge in [0.25, 0.3) is 0 Å². The topological polar surface area (TPSA) is 40.5 Å². The van der Waals surface area contributed by atoms with Crippen LogP contribution < -0.4 is 0 Å². The minimum absolute atomic E-state index is 0.379. The second-order valence-electron chi connectivity index (χ2n) is 3.22. The van der Waals surface area contributed by atoms with Crippen LogP contribution in [-0.4, -0.2) is 21.4 Å². The molecular formula is C10H12O2. The largest absolute Gasteiger partial charge is 0.374 e. The van der Waals surface area contributed by atoms with E-state index in [2.05, 4.69) is 11.8 Å². The van der Waals surface area contributed by atoms with Crippen LogP contribution in [-0.2, 0) is 0 Å². The maximum absolute atomic E-state index is 9.77. The standard InChI is InChI=1S/C10H12O2/c1-3-9(11)7-5-6-8-10(9,12)4-2/h1-2,11-12H,5-8H2. The van der Waals surface area contributed by atoms with Crippen LogP contribution in [0.2, 0.25) is 0 Å². The summed E-state index contributed by atoms with van der Waals surface area (Å²) in [6.45, 7) is 0. The lowest BCUT2D eigenvalue weighted by molar-refractivity contribution is -0.104. The van der Waals surface area contributed by atoms with Gasteiger partial charge in [-0.2, -0.15) is 0 Å². The van der Waals surface area contributed by atoms with Gasteiger partial charge in [0.2, 0.25) is 0 Å². The van der Waals surface area contributed by atoms with E-state index in [9.17, 15) is 10.2 Å². The fourth-order valence-electron chi connectivity index (χ4n) is 1.56. The molecule has 0 bridgehead atoms. The van der Waals surface area contributed by atoms with Crippen molar-refractivity contribution in [2.24, 2.45) is 0 Å². The summed E-state index contributed by atoms with van der Waals surface area (Å²) in [7, 11) is 0. The van der Waals surface area contributed by atoms with Crippen LogP contribution in [0.1, 0.15) is 25.7 Å². The molecule has 0 aromatic rings. The molecule has 0 heterocycles. The van der Waals surface area contributed by atoms with E-state index in [1.165, 1.54) is 0 Å². The lowest BCUT2D eigenvalue weighted by Gasteiger charge is -2.39. The second kappa shape index (κ2) is 2.83. The third-order valence-electron chi connectivity index (χ3n) is 2.49. The molecule has 0 radical (unpaired) electrons. The van der Waals surface area contributed by atoms with Crippen molar-refractivity contribution in [3.8, 4) is 24.7 Å². The number of hydrogen-bond donors (Lipinski definition) is 2. The summed E-state index contributed by atoms with van der Waals surface area (Å²) in [5, 5.41) is 19.5. The zero-order valence-electron chi connectivity index (χ0n) is 6.88. The van der Waals surface area contributed by atoms with Crippen molar-refractivity contribution in [1.82, 2.24) is 0 Å². The fraction of sp³-hybridized carbons (Fsp3) is 0.600. The first-order valence-electron chi connectivity index (χ1n) is 3.98. The molecule has 0 aliphatic heterocycles. The normalized spacial score (nSPS) is 41.3. The van der Waals surface area contributed by atoms with Gasteiger partial charge >= 0.3 is 0 Å². The van der Waals surface area contributed by atoms with E-state index < -0.39 is 11.2 Å². The minimum atomic E-state index is -1.53. The lowest BCUT2D eigenvalue weighted by atomic mass is 9.72. The summed E-state index contributed by atoms with van der Waals surface area (Å²) in [5.74, 6) is 4.37. The first-order valence-corrected chi connectivity index (χ1v) is 3.98. The van der Waals surface area contributed by atoms with Gasteiger partial charge in [-0.1, -0.05) is 11.8 Å². The molecule has 0 spiro atoms. The summed E-state index contributed by atoms with van der Waals surface area (Å²) >= 11 is 0. The highest BCUT2D eigenvalue weighted by Crippen LogP contribution is 2.36. The van der Waals surface area contributed by atoms with E-state index in [0.29, 0.717) is 12.8 Å². The molecule has 2 heteroatoms. The van der Waals surface area contributed by atoms with Gasteiger partial charge in [0.05, 0.1) is 0 Å². The zero-order chi connectivity index (χ0) is 9.24. The van der Waals surface area contributed by atoms with Gasteiger partial charge in [-0.3, -0.25) is 0 Å². The van der Waals surface area contributed by atoms with Gasteiger partial charge in [0.1, 0.15) is 0 Å². The average molecular weight is 164 g/mol. The minimum Gasteiger partial charge on any atom is -0.374 e. The highest BCUT2D eigenvalue weighted by molar-refractivity contribution is 5.28. The summed E-state index contributed by atoms with van der Waals surface area (Å²) in [4.78, 5) is 0. The highest BCUT2D eigenvalue weighted by atomic mass is 16.4. The van der Waals surface area contributed by atoms with E-state index >= 15 is 0 Å². The Balaban J connectivity index is 2.99. The van der Waals surface area contributed by atoms with Crippen molar-refractivity contribution in [3.63, 3.8) is 0 Å². The van der Waals surface area contributed by atoms with Crippen molar-refractivity contribution in [1.29, 1.82) is 0 Å². The Hall–Kier alpha value is -0.960. The molecule has 0 aromatic heterocycles.